The zero-order valence-corrected chi connectivity index (χ0v) is 26.3. The number of halogens is 1. The number of benzene rings is 4. The Kier molecular flexibility index (Phi) is 16.1. The van der Waals surface area contributed by atoms with Crippen molar-refractivity contribution in [1.29, 1.82) is 0 Å². The fraction of sp³-hybridized carbons (Fsp3) is 0.290. The topological polar surface area (TPSA) is 144 Å². The number of aromatic carboxylic acids is 2. The molecule has 0 aliphatic carbocycles. The summed E-state index contributed by atoms with van der Waals surface area (Å²) < 4.78 is 11.1. The molecule has 0 heterocycles. The predicted molar refractivity (Wildman–Crippen MR) is 174 cm³/mol. The third-order valence-corrected chi connectivity index (χ3v) is 6.57. The average molecular weight is 659 g/mol. The molecular weight excluding hydrogens is 621 g/mol. The molecule has 0 bridgehead atoms. The van der Waals surface area contributed by atoms with Gasteiger partial charge in [-0.1, -0.05) is 31.7 Å². The van der Waals surface area contributed by atoms with Crippen LogP contribution in [0.2, 0.25) is 0 Å². The number of aliphatic hydroxyl groups is 1. The molecule has 4 aromatic rings. The molecule has 0 amide bonds. The van der Waals surface area contributed by atoms with Crippen LogP contribution < -0.4 is 20.3 Å². The standard InChI is InChI=1S/C13H11BrO3.C13H12O3.C4H11NO.CH4.BS/c1-7-5-8-3-4-11(17-2)12(14)10(8)6-9(7)13(15)16;1-8-5-9-3-4-11(16-2)6-10(9)7-12(8)13(14)15;1-4(2,5)3-6;;1-2/h3-6H,1-2H3,(H,15,16);3-7H,1-2H3,(H,14,15);6H,3,5H2,1-2H3;1H4;. The van der Waals surface area contributed by atoms with Crippen molar-refractivity contribution in [2.75, 3.05) is 20.8 Å². The summed E-state index contributed by atoms with van der Waals surface area (Å²) in [5.74, 6) is -0.667. The first-order chi connectivity index (χ1) is 19.2. The van der Waals surface area contributed by atoms with Gasteiger partial charge >= 0.3 is 24.7 Å². The zero-order chi connectivity index (χ0) is 31.5. The first kappa shape index (κ1) is 38.6. The van der Waals surface area contributed by atoms with Crippen molar-refractivity contribution in [2.24, 2.45) is 0 Å². The molecule has 42 heavy (non-hydrogen) atoms. The Morgan fingerprint density at radius 3 is 1.93 bits per heavy atom. The number of quaternary nitrogens is 1. The van der Waals surface area contributed by atoms with Crippen LogP contribution in [0.4, 0.5) is 0 Å². The summed E-state index contributed by atoms with van der Waals surface area (Å²) in [5, 5.41) is 32.0. The van der Waals surface area contributed by atoms with Crippen LogP contribution in [-0.2, 0) is 0 Å². The van der Waals surface area contributed by atoms with Crippen LogP contribution in [0.25, 0.3) is 21.5 Å². The summed E-state index contributed by atoms with van der Waals surface area (Å²) in [6.45, 7) is 11.6. The summed E-state index contributed by atoms with van der Waals surface area (Å²) >= 11 is 7.02. The second kappa shape index (κ2) is 17.6. The molecule has 0 aliphatic rings. The van der Waals surface area contributed by atoms with Gasteiger partial charge in [0.1, 0.15) is 17.0 Å². The summed E-state index contributed by atoms with van der Waals surface area (Å²) in [5.41, 5.74) is 5.48. The summed E-state index contributed by atoms with van der Waals surface area (Å²) in [4.78, 5) is 22.0. The van der Waals surface area contributed by atoms with Crippen molar-refractivity contribution in [3.8, 4) is 11.5 Å². The maximum absolute atomic E-state index is 11.1. The van der Waals surface area contributed by atoms with Gasteiger partial charge in [-0.3, -0.25) is 0 Å². The third-order valence-electron chi connectivity index (χ3n) is 5.75. The van der Waals surface area contributed by atoms with Gasteiger partial charge in [-0.25, -0.2) is 4.79 Å². The fourth-order valence-corrected chi connectivity index (χ4v) is 4.19. The van der Waals surface area contributed by atoms with E-state index in [0.717, 1.165) is 31.6 Å². The van der Waals surface area contributed by atoms with Crippen molar-refractivity contribution < 1.29 is 40.1 Å². The Balaban J connectivity index is 0.000000630. The molecule has 1 radical (unpaired) electrons. The van der Waals surface area contributed by atoms with E-state index in [1.165, 1.54) is 0 Å². The van der Waals surface area contributed by atoms with Crippen molar-refractivity contribution >= 4 is 68.2 Å². The number of hydrogen-bond donors (Lipinski definition) is 3. The number of hydrogen-bond acceptors (Lipinski definition) is 7. The molecule has 0 atom stereocenters. The minimum atomic E-state index is -1.15. The van der Waals surface area contributed by atoms with E-state index in [4.69, 9.17) is 19.7 Å². The Morgan fingerprint density at radius 1 is 0.929 bits per heavy atom. The van der Waals surface area contributed by atoms with Gasteiger partial charge in [0, 0.05) is 10.9 Å². The summed E-state index contributed by atoms with van der Waals surface area (Å²) in [6.07, 6.45) is 0. The van der Waals surface area contributed by atoms with Crippen LogP contribution in [0.1, 0.15) is 53.1 Å². The van der Waals surface area contributed by atoms with Gasteiger partial charge < -0.3 is 35.3 Å². The van der Waals surface area contributed by atoms with Crippen LogP contribution in [0.15, 0.2) is 59.1 Å². The van der Waals surface area contributed by atoms with Crippen LogP contribution in [0.5, 0.6) is 11.5 Å². The van der Waals surface area contributed by atoms with E-state index in [-0.39, 0.29) is 25.1 Å². The van der Waals surface area contributed by atoms with Crippen LogP contribution >= 0.6 is 28.0 Å². The van der Waals surface area contributed by atoms with E-state index in [2.05, 4.69) is 40.4 Å². The molecular formula is C31H38BBrNO7S. The van der Waals surface area contributed by atoms with E-state index in [9.17, 15) is 14.7 Å². The number of ether oxygens (including phenoxy) is 2. The number of fused-ring (bicyclic) bond motifs is 2. The molecule has 0 saturated heterocycles. The first-order valence-electron chi connectivity index (χ1n) is 12.2. The number of rotatable bonds is 5. The molecule has 5 N–H and O–H groups in total. The number of methoxy groups -OCH3 is 2. The fourth-order valence-electron chi connectivity index (χ4n) is 3.55. The van der Waals surface area contributed by atoms with E-state index < -0.39 is 11.9 Å². The summed E-state index contributed by atoms with van der Waals surface area (Å²) in [7, 11) is 3.16. The van der Waals surface area contributed by atoms with Gasteiger partial charge in [0.2, 0.25) is 0 Å². The average Bonchev–Trinajstić information content (AvgIpc) is 2.93. The molecule has 0 saturated carbocycles. The Bertz CT molecular complexity index is 1520. The quantitative estimate of drug-likeness (QED) is 0.253. The molecule has 0 aromatic heterocycles. The summed E-state index contributed by atoms with van der Waals surface area (Å²) in [6, 6.07) is 16.3. The molecule has 8 nitrogen and oxygen atoms in total. The molecule has 4 rings (SSSR count). The Hall–Kier alpha value is -3.38. The van der Waals surface area contributed by atoms with Gasteiger partial charge in [-0.15, -0.1) is 0 Å². The normalized spacial score (nSPS) is 10.0. The molecule has 0 aliphatic heterocycles. The van der Waals surface area contributed by atoms with Crippen LogP contribution in [-0.4, -0.2) is 55.2 Å². The van der Waals surface area contributed by atoms with E-state index in [0.29, 0.717) is 22.6 Å². The first-order valence-corrected chi connectivity index (χ1v) is 13.5. The predicted octanol–water partition coefficient (Wildman–Crippen LogP) is 5.04. The SMILES string of the molecule is C.CC(C)([NH3+])CO.COc1ccc2cc(C)c(C(=O)O)cc2c1Br.COc1ccc2cc(C)c(C(=O)[O-])cc2c1.[B]=S. The monoisotopic (exact) mass is 658 g/mol. The Morgan fingerprint density at radius 2 is 1.45 bits per heavy atom. The molecule has 0 unspecified atom stereocenters. The number of aryl methyl sites for hydroxylation is 2. The second-order valence-electron chi connectivity index (χ2n) is 9.77. The molecule has 4 aromatic carbocycles. The number of aliphatic hydroxyl groups excluding tert-OH is 1. The minimum absolute atomic E-state index is 0. The van der Waals surface area contributed by atoms with Gasteiger partial charge in [0.05, 0.1) is 36.8 Å². The van der Waals surface area contributed by atoms with Gasteiger partial charge in [-0.2, -0.15) is 0 Å². The number of carbonyl (C=O) groups excluding carboxylic acids is 1. The molecule has 11 heteroatoms. The van der Waals surface area contributed by atoms with Crippen molar-refractivity contribution in [3.63, 3.8) is 0 Å². The van der Waals surface area contributed by atoms with Gasteiger partial charge in [-0.05, 0) is 101 Å². The van der Waals surface area contributed by atoms with Crippen LogP contribution in [0, 0.1) is 13.8 Å². The number of carboxylic acid groups (broad SMARTS) is 2. The second-order valence-corrected chi connectivity index (χ2v) is 10.6. The van der Waals surface area contributed by atoms with E-state index >= 15 is 0 Å². The molecule has 0 spiro atoms. The van der Waals surface area contributed by atoms with E-state index in [1.54, 1.807) is 46.3 Å². The third kappa shape index (κ3) is 10.8. The molecule has 225 valence electrons. The Labute approximate surface area is 261 Å². The zero-order valence-electron chi connectivity index (χ0n) is 23.9. The number of carboxylic acids is 2. The van der Waals surface area contributed by atoms with Crippen LogP contribution in [0.3, 0.4) is 0 Å². The van der Waals surface area contributed by atoms with E-state index in [1.807, 2.05) is 50.2 Å². The van der Waals surface area contributed by atoms with Gasteiger partial charge in [0.15, 0.2) is 0 Å². The maximum atomic E-state index is 11.1. The molecule has 0 fully saturated rings. The van der Waals surface area contributed by atoms with Gasteiger partial charge in [0.25, 0.3) is 0 Å². The van der Waals surface area contributed by atoms with Crippen molar-refractivity contribution in [2.45, 2.75) is 40.7 Å². The number of carbonyl (C=O) groups is 2. The van der Waals surface area contributed by atoms with Crippen molar-refractivity contribution in [1.82, 2.24) is 0 Å². The van der Waals surface area contributed by atoms with Crippen molar-refractivity contribution in [3.05, 3.63) is 81.3 Å².